The van der Waals surface area contributed by atoms with E-state index in [1.54, 1.807) is 0 Å². The van der Waals surface area contributed by atoms with Crippen molar-refractivity contribution in [3.63, 3.8) is 0 Å². The molecule has 1 heterocycles. The van der Waals surface area contributed by atoms with E-state index in [1.165, 1.54) is 4.55 Å². The third-order valence-corrected chi connectivity index (χ3v) is 5.33. The van der Waals surface area contributed by atoms with Gasteiger partial charge in [-0.3, -0.25) is 0 Å². The van der Waals surface area contributed by atoms with Gasteiger partial charge in [-0.25, -0.2) is 0 Å². The second kappa shape index (κ2) is 6.65. The summed E-state index contributed by atoms with van der Waals surface area (Å²) < 4.78 is 2.15. The number of hydrogen-bond acceptors (Lipinski definition) is 2. The van der Waals surface area contributed by atoms with Crippen molar-refractivity contribution >= 4 is 25.7 Å². The molecule has 1 aliphatic heterocycles. The van der Waals surface area contributed by atoms with E-state index < -0.39 is 19.8 Å². The van der Waals surface area contributed by atoms with E-state index in [0.29, 0.717) is 6.54 Å². The summed E-state index contributed by atoms with van der Waals surface area (Å²) in [5, 5.41) is 2.91. The van der Waals surface area contributed by atoms with Gasteiger partial charge in [0.2, 0.25) is 0 Å². The molecule has 0 aromatic rings. The Kier molecular flexibility index (Phi) is 6.74. The first-order chi connectivity index (χ1) is 5.68. The number of nitrogens with zero attached hydrogens (tertiary/aromatic N) is 1. The molecule has 1 N–H and O–H groups in total. The Balaban J connectivity index is 0.000000561. The number of hydrogen-bond donors (Lipinski definition) is 1. The summed E-state index contributed by atoms with van der Waals surface area (Å²) in [4.78, 5) is 15.3. The number of nitrogens with one attached hydrogen (secondary N) is 1. The molecule has 0 atom stereocenters. The van der Waals surface area contributed by atoms with Crippen molar-refractivity contribution in [1.29, 1.82) is 0 Å². The van der Waals surface area contributed by atoms with Crippen molar-refractivity contribution in [1.82, 2.24) is 10.2 Å². The molecule has 74 valence electrons. The second-order valence-electron chi connectivity index (χ2n) is 2.59. The molecular formula is C8H19IN2O. The van der Waals surface area contributed by atoms with Crippen LogP contribution in [0.25, 0.3) is 0 Å². The van der Waals surface area contributed by atoms with Gasteiger partial charge in [-0.2, -0.15) is 0 Å². The number of alkyl halides is 3. The zero-order valence-electron chi connectivity index (χ0n) is 8.35. The van der Waals surface area contributed by atoms with Crippen LogP contribution in [0.3, 0.4) is 0 Å². The Bertz CT molecular complexity index is 141. The molecule has 1 rings (SSSR count). The van der Waals surface area contributed by atoms with E-state index in [9.17, 15) is 4.79 Å². The van der Waals surface area contributed by atoms with Gasteiger partial charge in [-0.1, -0.05) is 13.8 Å². The minimum atomic E-state index is -0.798. The van der Waals surface area contributed by atoms with Gasteiger partial charge in [0.05, 0.1) is 0 Å². The quantitative estimate of drug-likeness (QED) is 0.411. The summed E-state index contributed by atoms with van der Waals surface area (Å²) in [7, 11) is 2.01. The zero-order chi connectivity index (χ0) is 9.56. The summed E-state index contributed by atoms with van der Waals surface area (Å²) in [6.45, 7) is 4.59. The molecule has 4 heteroatoms. The number of carbonyl (C=O) groups excluding carboxylic acids is 1. The molecule has 0 aromatic heterocycles. The van der Waals surface area contributed by atoms with E-state index in [1.807, 2.05) is 20.9 Å². The minimum absolute atomic E-state index is 0.184. The molecular weight excluding hydrogens is 267 g/mol. The Morgan fingerprint density at radius 2 is 2.08 bits per heavy atom. The van der Waals surface area contributed by atoms with E-state index >= 15 is 0 Å². The first-order valence-electron chi connectivity index (χ1n) is 4.15. The summed E-state index contributed by atoms with van der Waals surface area (Å²) in [5.41, 5.74) is 0. The van der Waals surface area contributed by atoms with Crippen molar-refractivity contribution in [3.8, 4) is 0 Å². The third-order valence-electron chi connectivity index (χ3n) is 1.31. The first kappa shape index (κ1) is 12.2. The van der Waals surface area contributed by atoms with Gasteiger partial charge in [-0.05, 0) is 0 Å². The van der Waals surface area contributed by atoms with Gasteiger partial charge >= 0.3 is 68.4 Å². The molecule has 0 unspecified atom stereocenters. The number of halogens is 1. The molecule has 1 fully saturated rings. The monoisotopic (exact) mass is 286 g/mol. The summed E-state index contributed by atoms with van der Waals surface area (Å²) in [6.07, 6.45) is 0. The molecule has 0 aromatic carbocycles. The maximum atomic E-state index is 10.9. The number of carbonyl (C=O) groups is 1. The third kappa shape index (κ3) is 4.92. The number of amides is 1. The van der Waals surface area contributed by atoms with Crippen molar-refractivity contribution in [2.75, 3.05) is 27.6 Å². The molecule has 0 spiro atoms. The summed E-state index contributed by atoms with van der Waals surface area (Å²) in [5.74, 6) is 0.184. The molecule has 0 aliphatic carbocycles. The summed E-state index contributed by atoms with van der Waals surface area (Å²) in [6, 6.07) is 0. The Morgan fingerprint density at radius 1 is 1.50 bits per heavy atom. The van der Waals surface area contributed by atoms with Crippen LogP contribution < -0.4 is 5.32 Å². The van der Waals surface area contributed by atoms with Crippen LogP contribution in [0.2, 0.25) is 0 Å². The van der Waals surface area contributed by atoms with Crippen LogP contribution >= 0.6 is 19.8 Å². The van der Waals surface area contributed by atoms with Crippen LogP contribution in [0.15, 0.2) is 0 Å². The molecule has 1 amide bonds. The van der Waals surface area contributed by atoms with Crippen LogP contribution in [0, 0.1) is 0 Å². The van der Waals surface area contributed by atoms with E-state index in [4.69, 9.17) is 0 Å². The molecule has 0 radical (unpaired) electrons. The van der Waals surface area contributed by atoms with Gasteiger partial charge in [-0.15, -0.1) is 0 Å². The Morgan fingerprint density at radius 3 is 2.67 bits per heavy atom. The van der Waals surface area contributed by atoms with Gasteiger partial charge in [0, 0.05) is 0 Å². The van der Waals surface area contributed by atoms with Gasteiger partial charge in [0.1, 0.15) is 0 Å². The Labute approximate surface area is 82.3 Å². The van der Waals surface area contributed by atoms with Crippen LogP contribution in [0.5, 0.6) is 0 Å². The van der Waals surface area contributed by atoms with Crippen molar-refractivity contribution in [2.45, 2.75) is 13.8 Å². The predicted octanol–water partition coefficient (Wildman–Crippen LogP) is 1.13. The molecule has 1 saturated heterocycles. The Hall–Kier alpha value is 0.160. The average molecular weight is 286 g/mol. The van der Waals surface area contributed by atoms with Crippen LogP contribution in [-0.4, -0.2) is 38.4 Å². The fourth-order valence-electron chi connectivity index (χ4n) is 0.922. The van der Waals surface area contributed by atoms with Crippen molar-refractivity contribution in [2.24, 2.45) is 0 Å². The van der Waals surface area contributed by atoms with E-state index in [0.717, 1.165) is 4.55 Å². The zero-order valence-corrected chi connectivity index (χ0v) is 10.5. The van der Waals surface area contributed by atoms with Crippen LogP contribution in [0.1, 0.15) is 13.8 Å². The predicted molar refractivity (Wildman–Crippen MR) is 61.8 cm³/mol. The standard InChI is InChI=1S/C6H13IN2O.C2H6/c1-7-4-8-6(10)3-9(2)5-7;1-2/h3-5H2,1-2H3,(H,8,10);1-2H3. The summed E-state index contributed by atoms with van der Waals surface area (Å²) >= 11 is -0.798. The number of likely N-dealkylation sites (N-methyl/N-ethyl adjacent to an activating group) is 1. The second-order valence-corrected chi connectivity index (χ2v) is 8.17. The first-order valence-corrected chi connectivity index (χ1v) is 9.36. The van der Waals surface area contributed by atoms with Crippen LogP contribution in [0.4, 0.5) is 0 Å². The average Bonchev–Trinajstić information content (AvgIpc) is 2.16. The fourth-order valence-corrected chi connectivity index (χ4v) is 4.47. The molecule has 3 nitrogen and oxygen atoms in total. The van der Waals surface area contributed by atoms with Crippen molar-refractivity contribution < 1.29 is 4.79 Å². The normalized spacial score (nSPS) is 22.0. The van der Waals surface area contributed by atoms with Crippen molar-refractivity contribution in [3.05, 3.63) is 0 Å². The maximum absolute atomic E-state index is 10.9. The number of rotatable bonds is 0. The molecule has 1 aliphatic rings. The molecule has 12 heavy (non-hydrogen) atoms. The fraction of sp³-hybridized carbons (Fsp3) is 0.875. The van der Waals surface area contributed by atoms with E-state index in [2.05, 4.69) is 15.1 Å². The SMILES string of the molecule is CC.CN1CC(=O)NCI(C)C1. The van der Waals surface area contributed by atoms with Gasteiger partial charge in [0.15, 0.2) is 0 Å². The molecule has 0 bridgehead atoms. The van der Waals surface area contributed by atoms with E-state index in [-0.39, 0.29) is 5.91 Å². The topological polar surface area (TPSA) is 32.3 Å². The molecule has 0 saturated carbocycles. The van der Waals surface area contributed by atoms with Gasteiger partial charge in [0.25, 0.3) is 0 Å². The van der Waals surface area contributed by atoms with Gasteiger partial charge < -0.3 is 0 Å². The van der Waals surface area contributed by atoms with Crippen LogP contribution in [-0.2, 0) is 4.79 Å².